The summed E-state index contributed by atoms with van der Waals surface area (Å²) in [5.74, 6) is 5.19. The van der Waals surface area contributed by atoms with E-state index in [1.165, 1.54) is 51.0 Å². The van der Waals surface area contributed by atoms with E-state index in [0.29, 0.717) is 11.1 Å². The molecule has 0 heterocycles. The van der Waals surface area contributed by atoms with Crippen LogP contribution in [0.5, 0.6) is 0 Å². The van der Waals surface area contributed by atoms with Crippen LogP contribution in [0.15, 0.2) is 29.6 Å². The maximum atomic E-state index is 11.9. The first kappa shape index (κ1) is 26.2. The average Bonchev–Trinajstić information content (AvgIpc) is 2.70. The second-order valence-electron chi connectivity index (χ2n) is 7.26. The van der Waals surface area contributed by atoms with Gasteiger partial charge in [-0.3, -0.25) is 4.57 Å². The fraction of sp³-hybridized carbons (Fsp3) is 0.542. The summed E-state index contributed by atoms with van der Waals surface area (Å²) in [5, 5.41) is -0.655. The third-order valence-corrected chi connectivity index (χ3v) is 5.62. The summed E-state index contributed by atoms with van der Waals surface area (Å²) < 4.78 is 16.5. The van der Waals surface area contributed by atoms with Crippen LogP contribution in [-0.2, 0) is 14.1 Å². The second-order valence-corrected chi connectivity index (χ2v) is 8.83. The van der Waals surface area contributed by atoms with Gasteiger partial charge in [-0.1, -0.05) is 88.3 Å². The molecule has 30 heavy (non-hydrogen) atoms. The average molecular weight is 435 g/mol. The molecule has 0 aliphatic carbocycles. The molecule has 0 fully saturated rings. The zero-order chi connectivity index (χ0) is 22.2. The number of rotatable bonds is 13. The highest BCUT2D eigenvalue weighted by molar-refractivity contribution is 7.58. The minimum absolute atomic E-state index is 0.0381. The zero-order valence-electron chi connectivity index (χ0n) is 18.2. The Morgan fingerprint density at radius 3 is 2.20 bits per heavy atom. The second kappa shape index (κ2) is 15.0. The van der Waals surface area contributed by atoms with Gasteiger partial charge in [-0.2, -0.15) is 0 Å². The van der Waals surface area contributed by atoms with Crippen molar-refractivity contribution in [2.45, 2.75) is 78.1 Å². The van der Waals surface area contributed by atoms with E-state index in [-0.39, 0.29) is 6.61 Å². The quantitative estimate of drug-likeness (QED) is 0.130. The highest BCUT2D eigenvalue weighted by Gasteiger charge is 2.29. The Labute approximate surface area is 181 Å². The van der Waals surface area contributed by atoms with Crippen LogP contribution in [0.2, 0.25) is 0 Å². The summed E-state index contributed by atoms with van der Waals surface area (Å²) in [6, 6.07) is 7.00. The Morgan fingerprint density at radius 1 is 1.00 bits per heavy atom. The van der Waals surface area contributed by atoms with E-state index in [1.807, 2.05) is 0 Å². The lowest BCUT2D eigenvalue weighted by Gasteiger charge is -2.09. The van der Waals surface area contributed by atoms with Gasteiger partial charge in [0.15, 0.2) is 0 Å². The lowest BCUT2D eigenvalue weighted by Crippen LogP contribution is -2.08. The minimum atomic E-state index is -4.77. The van der Waals surface area contributed by atoms with Crippen LogP contribution in [0.1, 0.15) is 89.2 Å². The van der Waals surface area contributed by atoms with Crippen LogP contribution < -0.4 is 0 Å². The van der Waals surface area contributed by atoms with Crippen LogP contribution in [0.3, 0.4) is 0 Å². The van der Waals surface area contributed by atoms with Crippen molar-refractivity contribution >= 4 is 19.6 Å². The van der Waals surface area contributed by atoms with Gasteiger partial charge >= 0.3 is 13.6 Å². The fourth-order valence-electron chi connectivity index (χ4n) is 3.03. The van der Waals surface area contributed by atoms with E-state index >= 15 is 0 Å². The van der Waals surface area contributed by atoms with E-state index in [2.05, 4.69) is 18.8 Å². The van der Waals surface area contributed by atoms with Crippen molar-refractivity contribution in [2.75, 3.05) is 6.61 Å². The normalized spacial score (nSPS) is 11.7. The van der Waals surface area contributed by atoms with E-state index < -0.39 is 18.9 Å². The molecule has 0 aromatic heterocycles. The molecule has 1 rings (SSSR count). The summed E-state index contributed by atoms with van der Waals surface area (Å²) in [6.45, 7) is 3.85. The highest BCUT2D eigenvalue weighted by atomic mass is 31.2. The van der Waals surface area contributed by atoms with Gasteiger partial charge in [0.2, 0.25) is 0 Å². The minimum Gasteiger partial charge on any atom is -0.462 e. The SMILES string of the molecule is CCCCCCCCCCCC#Cc1ccccc1C=C(C(=O)OCC)P(=O)(O)O. The summed E-state index contributed by atoms with van der Waals surface area (Å²) in [5.41, 5.74) is 1.12. The molecule has 0 unspecified atom stereocenters. The van der Waals surface area contributed by atoms with Gasteiger partial charge in [-0.05, 0) is 31.1 Å². The lowest BCUT2D eigenvalue weighted by atomic mass is 10.1. The van der Waals surface area contributed by atoms with E-state index in [1.54, 1.807) is 31.2 Å². The number of unbranched alkanes of at least 4 members (excludes halogenated alkanes) is 9. The maximum Gasteiger partial charge on any atom is 0.363 e. The molecule has 0 bridgehead atoms. The molecule has 1 aromatic carbocycles. The summed E-state index contributed by atoms with van der Waals surface area (Å²) in [4.78, 5) is 31.0. The van der Waals surface area contributed by atoms with Crippen molar-refractivity contribution in [3.63, 3.8) is 0 Å². The Balaban J connectivity index is 2.64. The molecule has 0 saturated carbocycles. The van der Waals surface area contributed by atoms with Crippen LogP contribution in [-0.4, -0.2) is 22.4 Å². The number of benzene rings is 1. The predicted molar refractivity (Wildman–Crippen MR) is 122 cm³/mol. The summed E-state index contributed by atoms with van der Waals surface area (Å²) >= 11 is 0. The monoisotopic (exact) mass is 434 g/mol. The molecule has 5 nitrogen and oxygen atoms in total. The third-order valence-electron chi connectivity index (χ3n) is 4.68. The molecule has 0 saturated heterocycles. The smallest absolute Gasteiger partial charge is 0.363 e. The van der Waals surface area contributed by atoms with Crippen LogP contribution in [0.4, 0.5) is 0 Å². The van der Waals surface area contributed by atoms with Crippen LogP contribution in [0.25, 0.3) is 6.08 Å². The van der Waals surface area contributed by atoms with Crippen LogP contribution >= 0.6 is 7.60 Å². The number of hydrogen-bond donors (Lipinski definition) is 2. The van der Waals surface area contributed by atoms with Crippen LogP contribution in [0, 0.1) is 11.8 Å². The first-order valence-electron chi connectivity index (χ1n) is 10.9. The molecule has 0 amide bonds. The van der Waals surface area contributed by atoms with Crippen molar-refractivity contribution in [1.82, 2.24) is 0 Å². The fourth-order valence-corrected chi connectivity index (χ4v) is 3.64. The molecule has 0 aliphatic heterocycles. The van der Waals surface area contributed by atoms with Gasteiger partial charge in [-0.15, -0.1) is 0 Å². The van der Waals surface area contributed by atoms with Gasteiger partial charge in [0, 0.05) is 12.0 Å². The largest absolute Gasteiger partial charge is 0.462 e. The van der Waals surface area contributed by atoms with Gasteiger partial charge in [0.05, 0.1) is 6.61 Å². The summed E-state index contributed by atoms with van der Waals surface area (Å²) in [6.07, 6.45) is 13.3. The van der Waals surface area contributed by atoms with Gasteiger partial charge in [-0.25, -0.2) is 4.79 Å². The summed E-state index contributed by atoms with van der Waals surface area (Å²) in [7, 11) is -4.77. The molecule has 0 spiro atoms. The first-order valence-corrected chi connectivity index (χ1v) is 12.5. The van der Waals surface area contributed by atoms with Crippen molar-refractivity contribution in [2.24, 2.45) is 0 Å². The van der Waals surface area contributed by atoms with Gasteiger partial charge < -0.3 is 14.5 Å². The van der Waals surface area contributed by atoms with E-state index in [0.717, 1.165) is 19.3 Å². The van der Waals surface area contributed by atoms with Crippen molar-refractivity contribution < 1.29 is 23.9 Å². The highest BCUT2D eigenvalue weighted by Crippen LogP contribution is 2.46. The molecule has 0 aliphatic rings. The number of carbonyl (C=O) groups is 1. The third kappa shape index (κ3) is 10.8. The number of hydrogen-bond acceptors (Lipinski definition) is 3. The van der Waals surface area contributed by atoms with E-state index in [4.69, 9.17) is 4.74 Å². The molecular weight excluding hydrogens is 399 g/mol. The van der Waals surface area contributed by atoms with Crippen molar-refractivity contribution in [3.8, 4) is 11.8 Å². The Bertz CT molecular complexity index is 782. The molecule has 2 N–H and O–H groups in total. The topological polar surface area (TPSA) is 83.8 Å². The molecule has 166 valence electrons. The maximum absolute atomic E-state index is 11.9. The lowest BCUT2D eigenvalue weighted by molar-refractivity contribution is -0.137. The zero-order valence-corrected chi connectivity index (χ0v) is 19.1. The van der Waals surface area contributed by atoms with Crippen molar-refractivity contribution in [1.29, 1.82) is 0 Å². The Morgan fingerprint density at radius 2 is 1.60 bits per heavy atom. The standard InChI is InChI=1S/C24H35O5P/c1-3-5-6-7-8-9-10-11-12-13-14-17-21-18-15-16-19-22(21)20-23(30(26,27)28)24(25)29-4-2/h15-16,18-20H,3-13H2,1-2H3,(H2,26,27,28). The van der Waals surface area contributed by atoms with Gasteiger partial charge in [0.25, 0.3) is 0 Å². The predicted octanol–water partition coefficient (Wildman–Crippen LogP) is 6.04. The molecule has 1 aromatic rings. The number of carbonyl (C=O) groups excluding carboxylic acids is 1. The first-order chi connectivity index (χ1) is 14.4. The Kier molecular flexibility index (Phi) is 13.1. The molecule has 6 heteroatoms. The van der Waals surface area contributed by atoms with Crippen molar-refractivity contribution in [3.05, 3.63) is 40.7 Å². The molecule has 0 radical (unpaired) electrons. The van der Waals surface area contributed by atoms with E-state index in [9.17, 15) is 19.1 Å². The van der Waals surface area contributed by atoms with Gasteiger partial charge in [0.1, 0.15) is 5.31 Å². The number of esters is 1. The Hall–Kier alpha value is -1.86. The number of ether oxygens (including phenoxy) is 1. The molecular formula is C24H35O5P. The molecule has 0 atom stereocenters.